The summed E-state index contributed by atoms with van der Waals surface area (Å²) in [6, 6.07) is 23.4. The van der Waals surface area contributed by atoms with Crippen LogP contribution in [0.1, 0.15) is 0 Å². The first-order valence-electron chi connectivity index (χ1n) is 7.75. The van der Waals surface area contributed by atoms with Crippen LogP contribution in [0.2, 0.25) is 10.0 Å². The molecule has 0 aliphatic carbocycles. The van der Waals surface area contributed by atoms with Crippen LogP contribution in [-0.4, -0.2) is 14.8 Å². The zero-order valence-electron chi connectivity index (χ0n) is 13.1. The van der Waals surface area contributed by atoms with Crippen LogP contribution in [0.5, 0.6) is 0 Å². The Morgan fingerprint density at radius 1 is 0.720 bits per heavy atom. The summed E-state index contributed by atoms with van der Waals surface area (Å²) in [5, 5.41) is 5.90. The summed E-state index contributed by atoms with van der Waals surface area (Å²) in [7, 11) is 0. The van der Waals surface area contributed by atoms with Gasteiger partial charge in [-0.05, 0) is 12.1 Å². The monoisotopic (exact) mass is 365 g/mol. The SMILES string of the molecule is Clc1ccc(-n2nc(-c3ccccc3)c(Cl)c2-c2ccccc2)nc1. The largest absolute Gasteiger partial charge is 0.236 e. The smallest absolute Gasteiger partial charge is 0.154 e. The van der Waals surface area contributed by atoms with Gasteiger partial charge in [-0.3, -0.25) is 0 Å². The van der Waals surface area contributed by atoms with Crippen molar-refractivity contribution in [2.75, 3.05) is 0 Å². The summed E-state index contributed by atoms with van der Waals surface area (Å²) in [4.78, 5) is 4.39. The molecule has 3 nitrogen and oxygen atoms in total. The maximum Gasteiger partial charge on any atom is 0.154 e. The van der Waals surface area contributed by atoms with Crippen molar-refractivity contribution in [1.29, 1.82) is 0 Å². The molecule has 4 aromatic rings. The van der Waals surface area contributed by atoms with Gasteiger partial charge in [0.25, 0.3) is 0 Å². The van der Waals surface area contributed by atoms with Crippen LogP contribution >= 0.6 is 23.2 Å². The Hall–Kier alpha value is -2.62. The summed E-state index contributed by atoms with van der Waals surface area (Å²) in [5.74, 6) is 0.660. The summed E-state index contributed by atoms with van der Waals surface area (Å²) < 4.78 is 1.76. The number of halogens is 2. The van der Waals surface area contributed by atoms with E-state index in [1.54, 1.807) is 16.9 Å². The Kier molecular flexibility index (Phi) is 4.26. The van der Waals surface area contributed by atoms with Crippen LogP contribution < -0.4 is 0 Å². The fourth-order valence-electron chi connectivity index (χ4n) is 2.68. The van der Waals surface area contributed by atoms with Gasteiger partial charge in [0.05, 0.1) is 15.7 Å². The molecule has 5 heteroatoms. The Morgan fingerprint density at radius 2 is 1.36 bits per heavy atom. The first kappa shape index (κ1) is 15.9. The summed E-state index contributed by atoms with van der Waals surface area (Å²) in [6.07, 6.45) is 1.60. The number of aromatic nitrogens is 3. The van der Waals surface area contributed by atoms with E-state index < -0.39 is 0 Å². The molecule has 0 saturated heterocycles. The lowest BCUT2D eigenvalue weighted by Crippen LogP contribution is -2.01. The number of rotatable bonds is 3. The molecule has 0 aliphatic rings. The predicted octanol–water partition coefficient (Wildman–Crippen LogP) is 5.91. The summed E-state index contributed by atoms with van der Waals surface area (Å²) >= 11 is 12.7. The molecule has 2 aromatic carbocycles. The highest BCUT2D eigenvalue weighted by molar-refractivity contribution is 6.35. The number of pyridine rings is 1. The van der Waals surface area contributed by atoms with Crippen LogP contribution in [0.3, 0.4) is 0 Å². The summed E-state index contributed by atoms with van der Waals surface area (Å²) in [5.41, 5.74) is 3.45. The molecule has 2 heterocycles. The van der Waals surface area contributed by atoms with E-state index in [1.807, 2.05) is 66.7 Å². The molecule has 0 N–H and O–H groups in total. The molecule has 0 bridgehead atoms. The molecule has 25 heavy (non-hydrogen) atoms. The molecule has 0 spiro atoms. The highest BCUT2D eigenvalue weighted by Crippen LogP contribution is 2.37. The Bertz CT molecular complexity index is 995. The van der Waals surface area contributed by atoms with E-state index in [1.165, 1.54) is 0 Å². The van der Waals surface area contributed by atoms with Crippen LogP contribution in [0.25, 0.3) is 28.3 Å². The van der Waals surface area contributed by atoms with Crippen molar-refractivity contribution in [2.45, 2.75) is 0 Å². The van der Waals surface area contributed by atoms with E-state index in [2.05, 4.69) is 4.98 Å². The van der Waals surface area contributed by atoms with Crippen molar-refractivity contribution >= 4 is 23.2 Å². The molecule has 0 saturated carbocycles. The molecule has 0 fully saturated rings. The minimum atomic E-state index is 0.576. The van der Waals surface area contributed by atoms with Crippen molar-refractivity contribution in [3.63, 3.8) is 0 Å². The highest BCUT2D eigenvalue weighted by Gasteiger charge is 2.20. The Morgan fingerprint density at radius 3 is 1.96 bits per heavy atom. The topological polar surface area (TPSA) is 30.7 Å². The van der Waals surface area contributed by atoms with Crippen molar-refractivity contribution in [3.8, 4) is 28.3 Å². The second kappa shape index (κ2) is 6.71. The molecular weight excluding hydrogens is 353 g/mol. The lowest BCUT2D eigenvalue weighted by Gasteiger charge is -2.07. The highest BCUT2D eigenvalue weighted by atomic mass is 35.5. The zero-order chi connectivity index (χ0) is 17.2. The van der Waals surface area contributed by atoms with Crippen LogP contribution in [0, 0.1) is 0 Å². The van der Waals surface area contributed by atoms with Crippen molar-refractivity contribution in [1.82, 2.24) is 14.8 Å². The average Bonchev–Trinajstić information content (AvgIpc) is 3.01. The Balaban J connectivity index is 1.97. The second-order valence-electron chi connectivity index (χ2n) is 5.49. The lowest BCUT2D eigenvalue weighted by atomic mass is 10.1. The normalized spacial score (nSPS) is 10.8. The molecular formula is C20H13Cl2N3. The van der Waals surface area contributed by atoms with Gasteiger partial charge in [-0.2, -0.15) is 5.10 Å². The molecule has 0 amide bonds. The standard InChI is InChI=1S/C20H13Cl2N3/c21-16-11-12-17(23-13-16)25-20(15-9-5-2-6-10-15)18(22)19(24-25)14-7-3-1-4-8-14/h1-13H. The molecule has 122 valence electrons. The van der Waals surface area contributed by atoms with Gasteiger partial charge in [-0.15, -0.1) is 0 Å². The van der Waals surface area contributed by atoms with Crippen LogP contribution in [0.4, 0.5) is 0 Å². The van der Waals surface area contributed by atoms with E-state index in [0.29, 0.717) is 15.9 Å². The lowest BCUT2D eigenvalue weighted by molar-refractivity contribution is 0.857. The van der Waals surface area contributed by atoms with Gasteiger partial charge in [-0.1, -0.05) is 83.9 Å². The molecule has 0 radical (unpaired) electrons. The number of benzene rings is 2. The van der Waals surface area contributed by atoms with Crippen LogP contribution in [0.15, 0.2) is 79.0 Å². The van der Waals surface area contributed by atoms with E-state index in [4.69, 9.17) is 28.3 Å². The van der Waals surface area contributed by atoms with Crippen LogP contribution in [-0.2, 0) is 0 Å². The number of nitrogens with zero attached hydrogens (tertiary/aromatic N) is 3. The van der Waals surface area contributed by atoms with Gasteiger partial charge in [0, 0.05) is 17.3 Å². The third-order valence-electron chi connectivity index (χ3n) is 3.85. The van der Waals surface area contributed by atoms with E-state index >= 15 is 0 Å². The third kappa shape index (κ3) is 3.04. The van der Waals surface area contributed by atoms with Gasteiger partial charge >= 0.3 is 0 Å². The first-order chi connectivity index (χ1) is 12.2. The molecule has 2 aromatic heterocycles. The van der Waals surface area contributed by atoms with E-state index in [-0.39, 0.29) is 0 Å². The molecule has 0 aliphatic heterocycles. The van der Waals surface area contributed by atoms with Gasteiger partial charge in [0.2, 0.25) is 0 Å². The number of hydrogen-bond acceptors (Lipinski definition) is 2. The Labute approximate surface area is 155 Å². The molecule has 0 unspecified atom stereocenters. The summed E-state index contributed by atoms with van der Waals surface area (Å²) in [6.45, 7) is 0. The van der Waals surface area contributed by atoms with Crippen molar-refractivity contribution in [2.24, 2.45) is 0 Å². The van der Waals surface area contributed by atoms with Crippen molar-refractivity contribution < 1.29 is 0 Å². The molecule has 0 atom stereocenters. The maximum absolute atomic E-state index is 6.74. The quantitative estimate of drug-likeness (QED) is 0.451. The maximum atomic E-state index is 6.74. The fourth-order valence-corrected chi connectivity index (χ4v) is 3.13. The third-order valence-corrected chi connectivity index (χ3v) is 4.43. The minimum Gasteiger partial charge on any atom is -0.236 e. The average molecular weight is 366 g/mol. The van der Waals surface area contributed by atoms with Gasteiger partial charge < -0.3 is 0 Å². The first-order valence-corrected chi connectivity index (χ1v) is 8.51. The number of hydrogen-bond donors (Lipinski definition) is 0. The minimum absolute atomic E-state index is 0.576. The predicted molar refractivity (Wildman–Crippen MR) is 102 cm³/mol. The van der Waals surface area contributed by atoms with Gasteiger partial charge in [0.1, 0.15) is 5.69 Å². The fraction of sp³-hybridized carbons (Fsp3) is 0. The van der Waals surface area contributed by atoms with Gasteiger partial charge in [0.15, 0.2) is 5.82 Å². The molecule has 4 rings (SSSR count). The zero-order valence-corrected chi connectivity index (χ0v) is 14.6. The second-order valence-corrected chi connectivity index (χ2v) is 6.30. The van der Waals surface area contributed by atoms with E-state index in [9.17, 15) is 0 Å². The van der Waals surface area contributed by atoms with Crippen molar-refractivity contribution in [3.05, 3.63) is 89.0 Å². The van der Waals surface area contributed by atoms with Gasteiger partial charge in [-0.25, -0.2) is 9.67 Å². The van der Waals surface area contributed by atoms with E-state index in [0.717, 1.165) is 22.5 Å².